The second kappa shape index (κ2) is 5.74. The Labute approximate surface area is 71.5 Å². The molecule has 70 valence electrons. The SMILES string of the molecule is C=CC(=O)OCC(O)C(O)CC. The van der Waals surface area contributed by atoms with E-state index in [1.807, 2.05) is 0 Å². The maximum atomic E-state index is 10.5. The minimum absolute atomic E-state index is 0.195. The standard InChI is InChI=1S/C8H14O4/c1-3-6(9)7(10)5-12-8(11)4-2/h4,6-7,9-10H,2-3,5H2,1H3. The topological polar surface area (TPSA) is 66.8 Å². The number of aliphatic hydroxyl groups excluding tert-OH is 2. The highest BCUT2D eigenvalue weighted by molar-refractivity contribution is 5.81. The molecule has 0 saturated carbocycles. The monoisotopic (exact) mass is 174 g/mol. The molecule has 0 saturated heterocycles. The molecule has 0 fully saturated rings. The molecule has 4 nitrogen and oxygen atoms in total. The van der Waals surface area contributed by atoms with Crippen molar-refractivity contribution in [1.29, 1.82) is 0 Å². The maximum Gasteiger partial charge on any atom is 0.330 e. The Morgan fingerprint density at radius 3 is 2.58 bits per heavy atom. The van der Waals surface area contributed by atoms with Crippen LogP contribution in [0.5, 0.6) is 0 Å². The van der Waals surface area contributed by atoms with Gasteiger partial charge in [0.15, 0.2) is 0 Å². The average molecular weight is 174 g/mol. The van der Waals surface area contributed by atoms with E-state index in [0.717, 1.165) is 6.08 Å². The zero-order valence-corrected chi connectivity index (χ0v) is 7.06. The Kier molecular flexibility index (Phi) is 5.32. The van der Waals surface area contributed by atoms with Gasteiger partial charge in [-0.1, -0.05) is 13.5 Å². The van der Waals surface area contributed by atoms with Gasteiger partial charge < -0.3 is 14.9 Å². The van der Waals surface area contributed by atoms with Crippen LogP contribution >= 0.6 is 0 Å². The molecule has 0 heterocycles. The largest absolute Gasteiger partial charge is 0.460 e. The Bertz CT molecular complexity index is 155. The van der Waals surface area contributed by atoms with Crippen LogP contribution in [0.25, 0.3) is 0 Å². The predicted molar refractivity (Wildman–Crippen MR) is 43.5 cm³/mol. The fourth-order valence-corrected chi connectivity index (χ4v) is 0.610. The smallest absolute Gasteiger partial charge is 0.330 e. The van der Waals surface area contributed by atoms with Crippen molar-refractivity contribution in [2.75, 3.05) is 6.61 Å². The molecular formula is C8H14O4. The Hall–Kier alpha value is -0.870. The lowest BCUT2D eigenvalue weighted by molar-refractivity contribution is -0.143. The van der Waals surface area contributed by atoms with Crippen LogP contribution in [0.1, 0.15) is 13.3 Å². The lowest BCUT2D eigenvalue weighted by Gasteiger charge is -2.15. The van der Waals surface area contributed by atoms with Crippen LogP contribution in [-0.2, 0) is 9.53 Å². The van der Waals surface area contributed by atoms with E-state index in [2.05, 4.69) is 11.3 Å². The van der Waals surface area contributed by atoms with E-state index in [4.69, 9.17) is 10.2 Å². The highest BCUT2D eigenvalue weighted by atomic mass is 16.5. The minimum Gasteiger partial charge on any atom is -0.460 e. The Morgan fingerprint density at radius 2 is 2.17 bits per heavy atom. The van der Waals surface area contributed by atoms with Crippen LogP contribution in [-0.4, -0.2) is 35.0 Å². The van der Waals surface area contributed by atoms with Gasteiger partial charge in [0.2, 0.25) is 0 Å². The first-order valence-corrected chi connectivity index (χ1v) is 3.77. The van der Waals surface area contributed by atoms with Crippen LogP contribution in [0.2, 0.25) is 0 Å². The molecule has 0 aromatic rings. The number of carbonyl (C=O) groups is 1. The van der Waals surface area contributed by atoms with Gasteiger partial charge in [0.25, 0.3) is 0 Å². The van der Waals surface area contributed by atoms with Gasteiger partial charge in [-0.15, -0.1) is 0 Å². The molecule has 0 bridgehead atoms. The maximum absolute atomic E-state index is 10.5. The van der Waals surface area contributed by atoms with E-state index in [1.165, 1.54) is 0 Å². The van der Waals surface area contributed by atoms with Crippen LogP contribution in [0, 0.1) is 0 Å². The Morgan fingerprint density at radius 1 is 1.58 bits per heavy atom. The lowest BCUT2D eigenvalue weighted by atomic mass is 10.2. The molecule has 4 heteroatoms. The summed E-state index contributed by atoms with van der Waals surface area (Å²) in [4.78, 5) is 10.5. The van der Waals surface area contributed by atoms with E-state index >= 15 is 0 Å². The highest BCUT2D eigenvalue weighted by Gasteiger charge is 2.15. The third-order valence-corrected chi connectivity index (χ3v) is 1.43. The van der Waals surface area contributed by atoms with Crippen molar-refractivity contribution >= 4 is 5.97 Å². The van der Waals surface area contributed by atoms with E-state index < -0.39 is 18.2 Å². The highest BCUT2D eigenvalue weighted by Crippen LogP contribution is 1.98. The van der Waals surface area contributed by atoms with E-state index in [9.17, 15) is 4.79 Å². The summed E-state index contributed by atoms with van der Waals surface area (Å²) in [7, 11) is 0. The molecule has 2 unspecified atom stereocenters. The average Bonchev–Trinajstić information content (AvgIpc) is 2.11. The van der Waals surface area contributed by atoms with Gasteiger partial charge in [-0.05, 0) is 6.42 Å². The second-order valence-corrected chi connectivity index (χ2v) is 2.38. The molecule has 0 aliphatic rings. The van der Waals surface area contributed by atoms with Crippen LogP contribution < -0.4 is 0 Å². The molecule has 0 aromatic heterocycles. The Balaban J connectivity index is 3.62. The van der Waals surface area contributed by atoms with Crippen molar-refractivity contribution in [3.63, 3.8) is 0 Å². The normalized spacial score (nSPS) is 14.9. The van der Waals surface area contributed by atoms with Crippen LogP contribution in [0.4, 0.5) is 0 Å². The lowest BCUT2D eigenvalue weighted by Crippen LogP contribution is -2.30. The van der Waals surface area contributed by atoms with Gasteiger partial charge in [0, 0.05) is 6.08 Å². The van der Waals surface area contributed by atoms with Gasteiger partial charge in [-0.2, -0.15) is 0 Å². The van der Waals surface area contributed by atoms with E-state index in [0.29, 0.717) is 6.42 Å². The quantitative estimate of drug-likeness (QED) is 0.449. The summed E-state index contributed by atoms with van der Waals surface area (Å²) in [6.45, 7) is 4.72. The van der Waals surface area contributed by atoms with E-state index in [1.54, 1.807) is 6.92 Å². The van der Waals surface area contributed by atoms with Crippen molar-refractivity contribution in [3.05, 3.63) is 12.7 Å². The second-order valence-electron chi connectivity index (χ2n) is 2.38. The molecule has 2 N–H and O–H groups in total. The van der Waals surface area contributed by atoms with Crippen molar-refractivity contribution in [2.45, 2.75) is 25.6 Å². The number of ether oxygens (including phenoxy) is 1. The molecule has 0 spiro atoms. The summed E-state index contributed by atoms with van der Waals surface area (Å²) >= 11 is 0. The van der Waals surface area contributed by atoms with Gasteiger partial charge in [-0.25, -0.2) is 4.79 Å². The molecule has 0 rings (SSSR count). The number of carbonyl (C=O) groups excluding carboxylic acids is 1. The van der Waals surface area contributed by atoms with Crippen molar-refractivity contribution in [2.24, 2.45) is 0 Å². The summed E-state index contributed by atoms with van der Waals surface area (Å²) in [6.07, 6.45) is -0.431. The minimum atomic E-state index is -1.01. The number of hydrogen-bond acceptors (Lipinski definition) is 4. The van der Waals surface area contributed by atoms with Gasteiger partial charge >= 0.3 is 5.97 Å². The summed E-state index contributed by atoms with van der Waals surface area (Å²) in [5.74, 6) is -0.600. The summed E-state index contributed by atoms with van der Waals surface area (Å²) in [6, 6.07) is 0. The zero-order chi connectivity index (χ0) is 9.56. The third kappa shape index (κ3) is 4.10. The number of hydrogen-bond donors (Lipinski definition) is 2. The number of aliphatic hydroxyl groups is 2. The zero-order valence-electron chi connectivity index (χ0n) is 7.06. The molecule has 0 radical (unpaired) electrons. The predicted octanol–water partition coefficient (Wildman–Crippen LogP) is -0.153. The van der Waals surface area contributed by atoms with E-state index in [-0.39, 0.29) is 6.61 Å². The number of rotatable bonds is 5. The third-order valence-electron chi connectivity index (χ3n) is 1.43. The van der Waals surface area contributed by atoms with Crippen LogP contribution in [0.15, 0.2) is 12.7 Å². The molecule has 0 aromatic carbocycles. The fraction of sp³-hybridized carbons (Fsp3) is 0.625. The van der Waals surface area contributed by atoms with Crippen molar-refractivity contribution < 1.29 is 19.7 Å². The molecule has 0 aliphatic carbocycles. The molecule has 0 aliphatic heterocycles. The summed E-state index contributed by atoms with van der Waals surface area (Å²) in [5.41, 5.74) is 0. The van der Waals surface area contributed by atoms with Crippen molar-refractivity contribution in [3.8, 4) is 0 Å². The first-order valence-electron chi connectivity index (χ1n) is 3.77. The van der Waals surface area contributed by atoms with Gasteiger partial charge in [-0.3, -0.25) is 0 Å². The number of esters is 1. The summed E-state index contributed by atoms with van der Waals surface area (Å²) < 4.78 is 4.51. The van der Waals surface area contributed by atoms with Gasteiger partial charge in [0.1, 0.15) is 12.7 Å². The fourth-order valence-electron chi connectivity index (χ4n) is 0.610. The molecular weight excluding hydrogens is 160 g/mol. The van der Waals surface area contributed by atoms with Gasteiger partial charge in [0.05, 0.1) is 6.10 Å². The molecule has 2 atom stereocenters. The molecule has 12 heavy (non-hydrogen) atoms. The first-order chi connectivity index (χ1) is 5.61. The summed E-state index contributed by atoms with van der Waals surface area (Å²) in [5, 5.41) is 18.1. The van der Waals surface area contributed by atoms with Crippen molar-refractivity contribution in [1.82, 2.24) is 0 Å². The first kappa shape index (κ1) is 11.1. The van der Waals surface area contributed by atoms with Crippen LogP contribution in [0.3, 0.4) is 0 Å². The molecule has 0 amide bonds.